The van der Waals surface area contributed by atoms with E-state index in [1.54, 1.807) is 29.5 Å². The molecular weight excluding hydrogens is 380 g/mol. The van der Waals surface area contributed by atoms with Crippen LogP contribution in [0.3, 0.4) is 0 Å². The van der Waals surface area contributed by atoms with Gasteiger partial charge >= 0.3 is 0 Å². The van der Waals surface area contributed by atoms with Crippen LogP contribution in [0, 0.1) is 0 Å². The van der Waals surface area contributed by atoms with Crippen molar-refractivity contribution in [2.45, 2.75) is 25.4 Å². The van der Waals surface area contributed by atoms with Gasteiger partial charge in [0.25, 0.3) is 5.91 Å². The average Bonchev–Trinajstić information content (AvgIpc) is 3.37. The van der Waals surface area contributed by atoms with Gasteiger partial charge in [0.2, 0.25) is 0 Å². The lowest BCUT2D eigenvalue weighted by molar-refractivity contribution is 0.0730. The Morgan fingerprint density at radius 3 is 2.56 bits per heavy atom. The number of rotatable bonds is 5. The second kappa shape index (κ2) is 6.80. The van der Waals surface area contributed by atoms with Gasteiger partial charge in [-0.15, -0.1) is 0 Å². The lowest BCUT2D eigenvalue weighted by atomic mass is 10.2. The Hall–Kier alpha value is -2.47. The summed E-state index contributed by atoms with van der Waals surface area (Å²) in [6, 6.07) is 12.1. The molecule has 0 bridgehead atoms. The van der Waals surface area contributed by atoms with Crippen LogP contribution in [0.15, 0.2) is 65.7 Å². The van der Waals surface area contributed by atoms with Crippen LogP contribution in [0.5, 0.6) is 0 Å². The molecule has 2 heterocycles. The third-order valence-electron chi connectivity index (χ3n) is 4.27. The number of nitrogens with zero attached hydrogens (tertiary/aromatic N) is 4. The largest absolute Gasteiger partial charge is 0.331 e. The molecule has 0 N–H and O–H groups in total. The zero-order valence-electron chi connectivity index (χ0n) is 13.5. The zero-order chi connectivity index (χ0) is 17.2. The lowest BCUT2D eigenvalue weighted by Crippen LogP contribution is -2.32. The summed E-state index contributed by atoms with van der Waals surface area (Å²) in [6.45, 7) is 0.607. The molecule has 5 nitrogen and oxygen atoms in total. The summed E-state index contributed by atoms with van der Waals surface area (Å²) in [5.41, 5.74) is 2.63. The minimum Gasteiger partial charge on any atom is -0.331 e. The maximum atomic E-state index is 13.0. The Bertz CT molecular complexity index is 872. The maximum absolute atomic E-state index is 13.0. The smallest absolute Gasteiger partial charge is 0.257 e. The molecule has 4 rings (SSSR count). The van der Waals surface area contributed by atoms with Gasteiger partial charge in [0.15, 0.2) is 0 Å². The van der Waals surface area contributed by atoms with Gasteiger partial charge in [0.05, 0.1) is 17.4 Å². The van der Waals surface area contributed by atoms with Crippen molar-refractivity contribution in [2.75, 3.05) is 0 Å². The fraction of sp³-hybridized carbons (Fsp3) is 0.211. The normalized spacial score (nSPS) is 13.6. The molecule has 6 heteroatoms. The molecule has 1 aromatic carbocycles. The number of benzene rings is 1. The molecule has 0 saturated heterocycles. The van der Waals surface area contributed by atoms with Crippen LogP contribution >= 0.6 is 15.9 Å². The molecule has 1 saturated carbocycles. The lowest BCUT2D eigenvalue weighted by Gasteiger charge is -2.21. The Kier molecular flexibility index (Phi) is 4.36. The number of pyridine rings is 1. The highest BCUT2D eigenvalue weighted by molar-refractivity contribution is 9.10. The Morgan fingerprint density at radius 1 is 1.16 bits per heavy atom. The van der Waals surface area contributed by atoms with E-state index in [0.29, 0.717) is 18.2 Å². The van der Waals surface area contributed by atoms with Crippen LogP contribution in [-0.2, 0) is 6.54 Å². The summed E-state index contributed by atoms with van der Waals surface area (Å²) in [4.78, 5) is 19.0. The Balaban J connectivity index is 1.55. The molecule has 2 aromatic heterocycles. The summed E-state index contributed by atoms with van der Waals surface area (Å²) in [5, 5.41) is 4.35. The molecule has 0 spiro atoms. The number of aromatic nitrogens is 3. The van der Waals surface area contributed by atoms with E-state index in [9.17, 15) is 4.79 Å². The molecule has 1 fully saturated rings. The average molecular weight is 397 g/mol. The SMILES string of the molecule is O=C(c1cnn(-c2ccc(Br)cc2)c1)N(Cc1ccncc1)C1CC1. The van der Waals surface area contributed by atoms with Gasteiger partial charge < -0.3 is 4.90 Å². The first-order chi connectivity index (χ1) is 12.2. The highest BCUT2D eigenvalue weighted by atomic mass is 79.9. The summed E-state index contributed by atoms with van der Waals surface area (Å²) >= 11 is 3.42. The molecule has 25 heavy (non-hydrogen) atoms. The van der Waals surface area contributed by atoms with Crippen molar-refractivity contribution in [2.24, 2.45) is 0 Å². The first kappa shape index (κ1) is 16.0. The maximum Gasteiger partial charge on any atom is 0.257 e. The Morgan fingerprint density at radius 2 is 1.88 bits per heavy atom. The van der Waals surface area contributed by atoms with Crippen molar-refractivity contribution >= 4 is 21.8 Å². The minimum atomic E-state index is 0.0303. The van der Waals surface area contributed by atoms with Crippen LogP contribution in [0.2, 0.25) is 0 Å². The third kappa shape index (κ3) is 3.64. The van der Waals surface area contributed by atoms with Gasteiger partial charge in [0.1, 0.15) is 0 Å². The van der Waals surface area contributed by atoms with Crippen molar-refractivity contribution in [1.82, 2.24) is 19.7 Å². The highest BCUT2D eigenvalue weighted by Crippen LogP contribution is 2.30. The number of carbonyl (C=O) groups is 1. The molecular formula is C19H17BrN4O. The molecule has 0 aliphatic heterocycles. The first-order valence-electron chi connectivity index (χ1n) is 8.21. The third-order valence-corrected chi connectivity index (χ3v) is 4.80. The van der Waals surface area contributed by atoms with Gasteiger partial charge in [-0.3, -0.25) is 9.78 Å². The molecule has 1 aliphatic carbocycles. The van der Waals surface area contributed by atoms with Crippen LogP contribution in [0.25, 0.3) is 5.69 Å². The van der Waals surface area contributed by atoms with Crippen molar-refractivity contribution in [1.29, 1.82) is 0 Å². The van der Waals surface area contributed by atoms with Crippen molar-refractivity contribution in [3.63, 3.8) is 0 Å². The first-order valence-corrected chi connectivity index (χ1v) is 9.00. The Labute approximate surface area is 154 Å². The summed E-state index contributed by atoms with van der Waals surface area (Å²) < 4.78 is 2.74. The quantitative estimate of drug-likeness (QED) is 0.658. The van der Waals surface area contributed by atoms with Crippen LogP contribution in [-0.4, -0.2) is 31.6 Å². The van der Waals surface area contributed by atoms with E-state index < -0.39 is 0 Å². The summed E-state index contributed by atoms with van der Waals surface area (Å²) in [6.07, 6.45) is 9.10. The number of hydrogen-bond donors (Lipinski definition) is 0. The van der Waals surface area contributed by atoms with E-state index >= 15 is 0 Å². The predicted molar refractivity (Wildman–Crippen MR) is 98.4 cm³/mol. The molecule has 126 valence electrons. The van der Waals surface area contributed by atoms with E-state index in [1.807, 2.05) is 41.3 Å². The van der Waals surface area contributed by atoms with Gasteiger partial charge in [-0.05, 0) is 54.8 Å². The van der Waals surface area contributed by atoms with E-state index in [1.165, 1.54) is 0 Å². The van der Waals surface area contributed by atoms with Crippen molar-refractivity contribution < 1.29 is 4.79 Å². The molecule has 1 amide bonds. The van der Waals surface area contributed by atoms with Gasteiger partial charge in [-0.1, -0.05) is 15.9 Å². The van der Waals surface area contributed by atoms with Crippen molar-refractivity contribution in [3.8, 4) is 5.69 Å². The second-order valence-electron chi connectivity index (χ2n) is 6.17. The van der Waals surface area contributed by atoms with Crippen LogP contribution in [0.4, 0.5) is 0 Å². The van der Waals surface area contributed by atoms with Crippen LogP contribution in [0.1, 0.15) is 28.8 Å². The van der Waals surface area contributed by atoms with Crippen molar-refractivity contribution in [3.05, 3.63) is 76.8 Å². The highest BCUT2D eigenvalue weighted by Gasteiger charge is 2.33. The van der Waals surface area contributed by atoms with E-state index in [0.717, 1.165) is 28.6 Å². The van der Waals surface area contributed by atoms with E-state index in [-0.39, 0.29) is 5.91 Å². The minimum absolute atomic E-state index is 0.0303. The standard InChI is InChI=1S/C19H17BrN4O/c20-16-1-3-18(4-2-16)24-13-15(11-22-24)19(25)23(17-5-6-17)12-14-7-9-21-10-8-14/h1-4,7-11,13,17H,5-6,12H2. The van der Waals surface area contributed by atoms with Gasteiger partial charge in [-0.2, -0.15) is 5.10 Å². The molecule has 0 radical (unpaired) electrons. The number of hydrogen-bond acceptors (Lipinski definition) is 3. The topological polar surface area (TPSA) is 51.0 Å². The number of halogens is 1. The summed E-state index contributed by atoms with van der Waals surface area (Å²) in [7, 11) is 0. The van der Waals surface area contributed by atoms with Gasteiger partial charge in [0, 0.05) is 35.6 Å². The van der Waals surface area contributed by atoms with E-state index in [2.05, 4.69) is 26.0 Å². The fourth-order valence-electron chi connectivity index (χ4n) is 2.77. The fourth-order valence-corrected chi connectivity index (χ4v) is 3.04. The monoisotopic (exact) mass is 396 g/mol. The van der Waals surface area contributed by atoms with Crippen LogP contribution < -0.4 is 0 Å². The number of amides is 1. The molecule has 0 unspecified atom stereocenters. The van der Waals surface area contributed by atoms with Gasteiger partial charge in [-0.25, -0.2) is 4.68 Å². The summed E-state index contributed by atoms with van der Waals surface area (Å²) in [5.74, 6) is 0.0303. The number of carbonyl (C=O) groups excluding carboxylic acids is 1. The van der Waals surface area contributed by atoms with E-state index in [4.69, 9.17) is 0 Å². The zero-order valence-corrected chi connectivity index (χ0v) is 15.1. The molecule has 1 aliphatic rings. The molecule has 3 aromatic rings. The predicted octanol–water partition coefficient (Wildman–Crippen LogP) is 3.83. The second-order valence-corrected chi connectivity index (χ2v) is 7.09. The molecule has 0 atom stereocenters.